The maximum absolute atomic E-state index is 12.2. The highest BCUT2D eigenvalue weighted by Crippen LogP contribution is 2.31. The fraction of sp³-hybridized carbons (Fsp3) is 0.250. The summed E-state index contributed by atoms with van der Waals surface area (Å²) in [5, 5.41) is 11.7. The molecule has 1 unspecified atom stereocenters. The molecule has 0 aliphatic carbocycles. The smallest absolute Gasteiger partial charge is 0.338 e. The molecule has 3 rings (SSSR count). The Kier molecular flexibility index (Phi) is 3.82. The van der Waals surface area contributed by atoms with Crippen molar-refractivity contribution < 1.29 is 23.8 Å². The third-order valence-electron chi connectivity index (χ3n) is 3.56. The molecule has 1 aromatic carbocycles. The predicted molar refractivity (Wildman–Crippen MR) is 77.0 cm³/mol. The number of para-hydroxylation sites is 1. The maximum atomic E-state index is 12.2. The summed E-state index contributed by atoms with van der Waals surface area (Å²) in [5.41, 5.74) is 0.869. The van der Waals surface area contributed by atoms with Gasteiger partial charge in [0.15, 0.2) is 5.76 Å². The van der Waals surface area contributed by atoms with Crippen LogP contribution in [0.3, 0.4) is 0 Å². The molecule has 1 aliphatic rings. The van der Waals surface area contributed by atoms with Crippen molar-refractivity contribution in [2.75, 3.05) is 6.61 Å². The van der Waals surface area contributed by atoms with Crippen molar-refractivity contribution >= 4 is 11.9 Å². The number of furan rings is 1. The third-order valence-corrected chi connectivity index (χ3v) is 3.56. The molecule has 114 valence electrons. The molecule has 2 heterocycles. The Bertz CT molecular complexity index is 706. The van der Waals surface area contributed by atoms with E-state index in [1.807, 2.05) is 24.3 Å². The van der Waals surface area contributed by atoms with Crippen LogP contribution in [0.1, 0.15) is 45.4 Å². The summed E-state index contributed by atoms with van der Waals surface area (Å²) in [7, 11) is 0. The first kappa shape index (κ1) is 14.2. The second kappa shape index (κ2) is 5.93. The van der Waals surface area contributed by atoms with Crippen LogP contribution in [0.15, 0.2) is 41.0 Å². The molecule has 2 N–H and O–H groups in total. The van der Waals surface area contributed by atoms with Gasteiger partial charge >= 0.3 is 5.97 Å². The van der Waals surface area contributed by atoms with E-state index in [9.17, 15) is 9.59 Å². The van der Waals surface area contributed by atoms with E-state index in [-0.39, 0.29) is 17.4 Å². The number of ether oxygens (including phenoxy) is 1. The molecule has 0 saturated carbocycles. The standard InChI is InChI=1S/C16H15NO5/c18-15(14-8-10(9-22-14)16(19)20)17-12-5-3-7-21-13-6-2-1-4-11(12)13/h1-2,4,6,8-9,12H,3,5,7H2,(H,17,18)(H,19,20). The number of nitrogens with one attached hydrogen (secondary N) is 1. The third kappa shape index (κ3) is 2.81. The van der Waals surface area contributed by atoms with E-state index in [0.29, 0.717) is 6.61 Å². The summed E-state index contributed by atoms with van der Waals surface area (Å²) in [6, 6.07) is 8.59. The highest BCUT2D eigenvalue weighted by Gasteiger charge is 2.23. The molecule has 1 aliphatic heterocycles. The van der Waals surface area contributed by atoms with Gasteiger partial charge in [-0.3, -0.25) is 4.79 Å². The lowest BCUT2D eigenvalue weighted by atomic mass is 10.0. The largest absolute Gasteiger partial charge is 0.493 e. The zero-order valence-corrected chi connectivity index (χ0v) is 11.7. The van der Waals surface area contributed by atoms with Crippen LogP contribution in [0.2, 0.25) is 0 Å². The summed E-state index contributed by atoms with van der Waals surface area (Å²) >= 11 is 0. The molecule has 1 amide bonds. The molecule has 0 bridgehead atoms. The van der Waals surface area contributed by atoms with Crippen LogP contribution >= 0.6 is 0 Å². The van der Waals surface area contributed by atoms with Gasteiger partial charge in [0, 0.05) is 11.6 Å². The van der Waals surface area contributed by atoms with Gasteiger partial charge in [-0.25, -0.2) is 4.79 Å². The second-order valence-electron chi connectivity index (χ2n) is 5.06. The first-order valence-corrected chi connectivity index (χ1v) is 6.99. The van der Waals surface area contributed by atoms with Crippen molar-refractivity contribution in [1.29, 1.82) is 0 Å². The van der Waals surface area contributed by atoms with Gasteiger partial charge in [-0.2, -0.15) is 0 Å². The van der Waals surface area contributed by atoms with Gasteiger partial charge in [-0.1, -0.05) is 18.2 Å². The highest BCUT2D eigenvalue weighted by atomic mass is 16.5. The first-order chi connectivity index (χ1) is 10.6. The zero-order valence-electron chi connectivity index (χ0n) is 11.7. The lowest BCUT2D eigenvalue weighted by molar-refractivity contribution is 0.0695. The Morgan fingerprint density at radius 1 is 1.27 bits per heavy atom. The predicted octanol–water partition coefficient (Wildman–Crippen LogP) is 2.62. The average molecular weight is 301 g/mol. The Hall–Kier alpha value is -2.76. The lowest BCUT2D eigenvalue weighted by Gasteiger charge is -2.17. The molecule has 22 heavy (non-hydrogen) atoms. The SMILES string of the molecule is O=C(O)c1coc(C(=O)NC2CCCOc3ccccc32)c1. The van der Waals surface area contributed by atoms with Gasteiger partial charge in [0.1, 0.15) is 12.0 Å². The van der Waals surface area contributed by atoms with Crippen LogP contribution in [0.5, 0.6) is 5.75 Å². The minimum absolute atomic E-state index is 0.0138. The zero-order chi connectivity index (χ0) is 15.5. The number of carboxylic acid groups (broad SMARTS) is 1. The van der Waals surface area contributed by atoms with E-state index in [1.54, 1.807) is 0 Å². The molecule has 1 aromatic heterocycles. The number of hydrogen-bond donors (Lipinski definition) is 2. The van der Waals surface area contributed by atoms with Crippen molar-refractivity contribution in [1.82, 2.24) is 5.32 Å². The Balaban J connectivity index is 1.80. The fourth-order valence-corrected chi connectivity index (χ4v) is 2.47. The number of carbonyl (C=O) groups excluding carboxylic acids is 1. The number of carbonyl (C=O) groups is 2. The van der Waals surface area contributed by atoms with Crippen molar-refractivity contribution in [3.05, 3.63) is 53.5 Å². The lowest BCUT2D eigenvalue weighted by Crippen LogP contribution is -2.28. The van der Waals surface area contributed by atoms with Gasteiger partial charge in [0.2, 0.25) is 0 Å². The molecule has 0 fully saturated rings. The Morgan fingerprint density at radius 2 is 2.09 bits per heavy atom. The van der Waals surface area contributed by atoms with Crippen LogP contribution in [0, 0.1) is 0 Å². The number of hydrogen-bond acceptors (Lipinski definition) is 4. The van der Waals surface area contributed by atoms with E-state index < -0.39 is 11.9 Å². The van der Waals surface area contributed by atoms with Crippen LogP contribution in [0.25, 0.3) is 0 Å². The fourth-order valence-electron chi connectivity index (χ4n) is 2.47. The summed E-state index contributed by atoms with van der Waals surface area (Å²) in [6.07, 6.45) is 2.62. The van der Waals surface area contributed by atoms with E-state index in [2.05, 4.69) is 5.32 Å². The van der Waals surface area contributed by atoms with E-state index in [4.69, 9.17) is 14.3 Å². The molecular formula is C16H15NO5. The summed E-state index contributed by atoms with van der Waals surface area (Å²) in [6.45, 7) is 0.604. The van der Waals surface area contributed by atoms with Crippen molar-refractivity contribution in [2.45, 2.75) is 18.9 Å². The van der Waals surface area contributed by atoms with Crippen molar-refractivity contribution in [3.63, 3.8) is 0 Å². The Labute approximate surface area is 126 Å². The molecule has 6 nitrogen and oxygen atoms in total. The molecule has 2 aromatic rings. The van der Waals surface area contributed by atoms with Gasteiger partial charge < -0.3 is 19.6 Å². The molecule has 6 heteroatoms. The number of benzene rings is 1. The quantitative estimate of drug-likeness (QED) is 0.909. The maximum Gasteiger partial charge on any atom is 0.338 e. The summed E-state index contributed by atoms with van der Waals surface area (Å²) in [5.74, 6) is -0.818. The van der Waals surface area contributed by atoms with E-state index >= 15 is 0 Å². The molecule has 1 atom stereocenters. The van der Waals surface area contributed by atoms with E-state index in [1.165, 1.54) is 6.07 Å². The minimum Gasteiger partial charge on any atom is -0.493 e. The summed E-state index contributed by atoms with van der Waals surface area (Å²) < 4.78 is 10.7. The number of carboxylic acids is 1. The van der Waals surface area contributed by atoms with Crippen LogP contribution in [0.4, 0.5) is 0 Å². The number of fused-ring (bicyclic) bond motifs is 1. The van der Waals surface area contributed by atoms with Crippen LogP contribution < -0.4 is 10.1 Å². The number of rotatable bonds is 3. The number of aromatic carboxylic acids is 1. The van der Waals surface area contributed by atoms with E-state index in [0.717, 1.165) is 30.4 Å². The topological polar surface area (TPSA) is 88.8 Å². The van der Waals surface area contributed by atoms with Gasteiger partial charge in [0.05, 0.1) is 18.2 Å². The normalized spacial score (nSPS) is 17.0. The molecular weight excluding hydrogens is 286 g/mol. The molecule has 0 saturated heterocycles. The highest BCUT2D eigenvalue weighted by molar-refractivity contribution is 5.95. The first-order valence-electron chi connectivity index (χ1n) is 6.99. The van der Waals surface area contributed by atoms with Gasteiger partial charge in [-0.05, 0) is 18.9 Å². The number of amides is 1. The summed E-state index contributed by atoms with van der Waals surface area (Å²) in [4.78, 5) is 23.1. The van der Waals surface area contributed by atoms with Crippen LogP contribution in [-0.2, 0) is 0 Å². The average Bonchev–Trinajstić information content (AvgIpc) is 2.93. The van der Waals surface area contributed by atoms with Crippen molar-refractivity contribution in [2.24, 2.45) is 0 Å². The minimum atomic E-state index is -1.13. The van der Waals surface area contributed by atoms with Gasteiger partial charge in [-0.15, -0.1) is 0 Å². The second-order valence-corrected chi connectivity index (χ2v) is 5.06. The molecule has 0 radical (unpaired) electrons. The molecule has 0 spiro atoms. The van der Waals surface area contributed by atoms with Crippen molar-refractivity contribution in [3.8, 4) is 5.75 Å². The van der Waals surface area contributed by atoms with Gasteiger partial charge in [0.25, 0.3) is 5.91 Å². The van der Waals surface area contributed by atoms with Crippen LogP contribution in [-0.4, -0.2) is 23.6 Å². The Morgan fingerprint density at radius 3 is 2.86 bits per heavy atom. The monoisotopic (exact) mass is 301 g/mol.